The Morgan fingerprint density at radius 3 is 2.65 bits per heavy atom. The first-order chi connectivity index (χ1) is 12.3. The van der Waals surface area contributed by atoms with Gasteiger partial charge in [-0.2, -0.15) is 0 Å². The van der Waals surface area contributed by atoms with Gasteiger partial charge in [0.15, 0.2) is 0 Å². The fourth-order valence-electron chi connectivity index (χ4n) is 3.66. The van der Waals surface area contributed by atoms with E-state index in [0.717, 1.165) is 35.1 Å². The van der Waals surface area contributed by atoms with Crippen molar-refractivity contribution < 1.29 is 14.4 Å². The molecule has 1 aromatic rings. The summed E-state index contributed by atoms with van der Waals surface area (Å²) < 4.78 is 0.820. The van der Waals surface area contributed by atoms with Gasteiger partial charge in [-0.05, 0) is 56.2 Å². The van der Waals surface area contributed by atoms with Gasteiger partial charge in [-0.3, -0.25) is 14.5 Å². The van der Waals surface area contributed by atoms with Gasteiger partial charge in [0.2, 0.25) is 5.91 Å². The largest absolute Gasteiger partial charge is 0.352 e. The lowest BCUT2D eigenvalue weighted by Crippen LogP contribution is -2.46. The zero-order chi connectivity index (χ0) is 18.9. The summed E-state index contributed by atoms with van der Waals surface area (Å²) in [6.07, 6.45) is 4.08. The van der Waals surface area contributed by atoms with Crippen LogP contribution in [-0.2, 0) is 15.1 Å². The number of hydrogen-bond acceptors (Lipinski definition) is 3. The summed E-state index contributed by atoms with van der Waals surface area (Å²) in [5.74, 6) is -0.000411. The van der Waals surface area contributed by atoms with E-state index < -0.39 is 17.5 Å². The van der Waals surface area contributed by atoms with E-state index in [2.05, 4.69) is 33.5 Å². The molecular formula is C19H24BrN3O3. The van der Waals surface area contributed by atoms with Crippen molar-refractivity contribution in [3.63, 3.8) is 0 Å². The summed E-state index contributed by atoms with van der Waals surface area (Å²) >= 11 is 3.38. The zero-order valence-electron chi connectivity index (χ0n) is 15.0. The Bertz CT molecular complexity index is 730. The number of benzene rings is 1. The molecule has 0 spiro atoms. The number of imide groups is 1. The lowest BCUT2D eigenvalue weighted by Gasteiger charge is -2.27. The van der Waals surface area contributed by atoms with Crippen LogP contribution in [0.15, 0.2) is 28.7 Å². The summed E-state index contributed by atoms with van der Waals surface area (Å²) in [6, 6.07) is 6.84. The van der Waals surface area contributed by atoms with Crippen molar-refractivity contribution in [1.29, 1.82) is 0 Å². The van der Waals surface area contributed by atoms with E-state index in [1.165, 1.54) is 0 Å². The van der Waals surface area contributed by atoms with E-state index in [1.807, 2.05) is 12.1 Å². The molecular weight excluding hydrogens is 398 g/mol. The molecule has 3 rings (SSSR count). The van der Waals surface area contributed by atoms with E-state index in [0.29, 0.717) is 11.5 Å². The first-order valence-electron chi connectivity index (χ1n) is 8.99. The molecule has 1 atom stereocenters. The molecule has 2 fully saturated rings. The van der Waals surface area contributed by atoms with Crippen LogP contribution in [0.3, 0.4) is 0 Å². The molecule has 1 aliphatic heterocycles. The van der Waals surface area contributed by atoms with Gasteiger partial charge in [-0.1, -0.05) is 35.0 Å². The van der Waals surface area contributed by atoms with Gasteiger partial charge < -0.3 is 10.6 Å². The topological polar surface area (TPSA) is 78.5 Å². The van der Waals surface area contributed by atoms with E-state index >= 15 is 0 Å². The molecule has 0 bridgehead atoms. The monoisotopic (exact) mass is 421 g/mol. The molecule has 0 aromatic heterocycles. The maximum absolute atomic E-state index is 12.9. The van der Waals surface area contributed by atoms with Crippen LogP contribution in [0.1, 0.15) is 45.1 Å². The summed E-state index contributed by atoms with van der Waals surface area (Å²) in [5, 5.41) is 5.69. The van der Waals surface area contributed by atoms with Gasteiger partial charge >= 0.3 is 6.03 Å². The first kappa shape index (κ1) is 18.9. The lowest BCUT2D eigenvalue weighted by atomic mass is 9.87. The second-order valence-corrected chi connectivity index (χ2v) is 8.40. The molecule has 140 valence electrons. The predicted molar refractivity (Wildman–Crippen MR) is 101 cm³/mol. The molecule has 1 aliphatic carbocycles. The third-order valence-corrected chi connectivity index (χ3v) is 5.85. The molecule has 1 unspecified atom stereocenters. The van der Waals surface area contributed by atoms with Crippen molar-refractivity contribution in [1.82, 2.24) is 15.5 Å². The van der Waals surface area contributed by atoms with Crippen LogP contribution in [0.25, 0.3) is 0 Å². The third kappa shape index (κ3) is 3.77. The predicted octanol–water partition coefficient (Wildman–Crippen LogP) is 2.91. The zero-order valence-corrected chi connectivity index (χ0v) is 16.6. The number of carbonyl (C=O) groups is 3. The number of halogens is 1. The molecule has 0 radical (unpaired) electrons. The van der Waals surface area contributed by atoms with Gasteiger partial charge in [-0.25, -0.2) is 4.79 Å². The Hall–Kier alpha value is -1.89. The molecule has 7 heteroatoms. The molecule has 2 N–H and O–H groups in total. The Kier molecular flexibility index (Phi) is 5.37. The molecule has 1 aromatic carbocycles. The highest BCUT2D eigenvalue weighted by atomic mass is 79.9. The highest BCUT2D eigenvalue weighted by Crippen LogP contribution is 2.30. The average molecular weight is 422 g/mol. The van der Waals surface area contributed by atoms with Crippen LogP contribution in [0.4, 0.5) is 4.79 Å². The Morgan fingerprint density at radius 2 is 2.00 bits per heavy atom. The van der Waals surface area contributed by atoms with Crippen molar-refractivity contribution >= 4 is 33.8 Å². The Balaban J connectivity index is 1.66. The minimum Gasteiger partial charge on any atom is -0.352 e. The second-order valence-electron chi connectivity index (χ2n) is 7.48. The molecule has 26 heavy (non-hydrogen) atoms. The van der Waals surface area contributed by atoms with E-state index in [1.54, 1.807) is 19.1 Å². The number of amides is 4. The third-order valence-electron chi connectivity index (χ3n) is 5.36. The summed E-state index contributed by atoms with van der Waals surface area (Å²) in [4.78, 5) is 38.5. The smallest absolute Gasteiger partial charge is 0.325 e. The number of urea groups is 1. The van der Waals surface area contributed by atoms with Crippen LogP contribution >= 0.6 is 15.9 Å². The fraction of sp³-hybridized carbons (Fsp3) is 0.526. The quantitative estimate of drug-likeness (QED) is 0.733. The van der Waals surface area contributed by atoms with E-state index in [-0.39, 0.29) is 18.5 Å². The van der Waals surface area contributed by atoms with Gasteiger partial charge in [0.25, 0.3) is 5.91 Å². The second kappa shape index (κ2) is 7.39. The normalized spacial score (nSPS) is 28.8. The summed E-state index contributed by atoms with van der Waals surface area (Å²) in [5.41, 5.74) is -0.490. The fourth-order valence-corrected chi connectivity index (χ4v) is 4.06. The van der Waals surface area contributed by atoms with E-state index in [4.69, 9.17) is 0 Å². The van der Waals surface area contributed by atoms with Crippen LogP contribution in [0, 0.1) is 5.92 Å². The number of nitrogens with zero attached hydrogens (tertiary/aromatic N) is 1. The lowest BCUT2D eigenvalue weighted by molar-refractivity contribution is -0.135. The highest BCUT2D eigenvalue weighted by Gasteiger charge is 2.49. The number of hydrogen-bond donors (Lipinski definition) is 2. The van der Waals surface area contributed by atoms with Gasteiger partial charge in [0.1, 0.15) is 12.1 Å². The standard InChI is InChI=1S/C19H24BrN3O3/c1-12-6-8-15(9-7-12)21-16(24)11-23-17(25)19(2,22-18(23)26)13-4-3-5-14(20)10-13/h3-5,10,12,15H,6-9,11H2,1-2H3,(H,21,24)(H,22,26). The van der Waals surface area contributed by atoms with Crippen molar-refractivity contribution in [2.24, 2.45) is 5.92 Å². The van der Waals surface area contributed by atoms with Crippen molar-refractivity contribution in [3.05, 3.63) is 34.3 Å². The van der Waals surface area contributed by atoms with Crippen LogP contribution in [0.2, 0.25) is 0 Å². The van der Waals surface area contributed by atoms with Crippen LogP contribution in [-0.4, -0.2) is 35.3 Å². The first-order valence-corrected chi connectivity index (χ1v) is 9.78. The molecule has 1 heterocycles. The molecule has 1 saturated heterocycles. The van der Waals surface area contributed by atoms with Crippen molar-refractivity contribution in [2.45, 2.75) is 51.1 Å². The number of rotatable bonds is 4. The Morgan fingerprint density at radius 1 is 1.31 bits per heavy atom. The number of carbonyl (C=O) groups excluding carboxylic acids is 3. The van der Waals surface area contributed by atoms with Crippen LogP contribution in [0.5, 0.6) is 0 Å². The van der Waals surface area contributed by atoms with E-state index in [9.17, 15) is 14.4 Å². The SMILES string of the molecule is CC1CCC(NC(=O)CN2C(=O)NC(C)(c3cccc(Br)c3)C2=O)CC1. The minimum atomic E-state index is -1.17. The van der Waals surface area contributed by atoms with Crippen molar-refractivity contribution in [2.75, 3.05) is 6.54 Å². The van der Waals surface area contributed by atoms with Gasteiger partial charge in [0.05, 0.1) is 0 Å². The molecule has 6 nitrogen and oxygen atoms in total. The van der Waals surface area contributed by atoms with Gasteiger partial charge in [-0.15, -0.1) is 0 Å². The van der Waals surface area contributed by atoms with Crippen molar-refractivity contribution in [3.8, 4) is 0 Å². The maximum Gasteiger partial charge on any atom is 0.325 e. The highest BCUT2D eigenvalue weighted by molar-refractivity contribution is 9.10. The summed E-state index contributed by atoms with van der Waals surface area (Å²) in [7, 11) is 0. The maximum atomic E-state index is 12.9. The molecule has 1 saturated carbocycles. The Labute approximate surface area is 161 Å². The van der Waals surface area contributed by atoms with Gasteiger partial charge in [0, 0.05) is 10.5 Å². The minimum absolute atomic E-state index is 0.135. The average Bonchev–Trinajstić information content (AvgIpc) is 2.81. The number of nitrogens with one attached hydrogen (secondary N) is 2. The molecule has 2 aliphatic rings. The summed E-state index contributed by atoms with van der Waals surface area (Å²) in [6.45, 7) is 3.63. The molecule has 4 amide bonds. The van der Waals surface area contributed by atoms with Crippen LogP contribution < -0.4 is 10.6 Å².